The standard InChI is InChI=1S/C41H52BrN3O8/c1-8-10-16-32(47)43(6)26(5)35(27-14-12-11-13-15-27)52-40(50)33-34-38(48)45(29(24-46)22-25(3)4)37(41(34)23-31(42)36(33)53-41)39(49)44(21-9-2)28-17-19-30(51-7)20-18-28/h8-9,11-15,17-20,25-26,29,31,33-37,46H,1-2,10,16,21-24H2,3-7H3/t26-,29+,31?,33-,34+,35+,36-,37-,41+/m0/s1. The molecule has 3 fully saturated rings. The van der Waals surface area contributed by atoms with Crippen LogP contribution >= 0.6 is 15.9 Å². The van der Waals surface area contributed by atoms with E-state index in [1.165, 1.54) is 4.90 Å². The Kier molecular flexibility index (Phi) is 12.9. The maximum atomic E-state index is 15.0. The van der Waals surface area contributed by atoms with Gasteiger partial charge in [0.2, 0.25) is 11.8 Å². The third-order valence-electron chi connectivity index (χ3n) is 10.9. The summed E-state index contributed by atoms with van der Waals surface area (Å²) in [6, 6.07) is 13.8. The molecule has 0 aromatic heterocycles. The molecule has 0 saturated carbocycles. The SMILES string of the molecule is C=CCCC(=O)N(C)[C@@H](C)[C@@H](OC(=O)[C@@H]1[C@H]2O[C@@]3(CC2Br)[C@H](C(=O)N(CC=C)c2ccc(OC)cc2)N([C@@H](CO)CC(C)C)C(=O)[C@@H]13)c1ccccc1. The molecule has 53 heavy (non-hydrogen) atoms. The fourth-order valence-electron chi connectivity index (χ4n) is 8.31. The summed E-state index contributed by atoms with van der Waals surface area (Å²) in [5, 5.41) is 10.8. The zero-order valence-electron chi connectivity index (χ0n) is 31.2. The first-order valence-electron chi connectivity index (χ1n) is 18.3. The Morgan fingerprint density at radius 3 is 2.36 bits per heavy atom. The Morgan fingerprint density at radius 2 is 1.77 bits per heavy atom. The highest BCUT2D eigenvalue weighted by Crippen LogP contribution is 2.61. The lowest BCUT2D eigenvalue weighted by atomic mass is 9.70. The van der Waals surface area contributed by atoms with Gasteiger partial charge in [0, 0.05) is 30.5 Å². The first kappa shape index (κ1) is 40.2. The molecule has 11 nitrogen and oxygen atoms in total. The second-order valence-corrected chi connectivity index (χ2v) is 15.8. The number of allylic oxidation sites excluding steroid dienone is 1. The lowest BCUT2D eigenvalue weighted by Crippen LogP contribution is -2.59. The predicted octanol–water partition coefficient (Wildman–Crippen LogP) is 5.47. The first-order valence-corrected chi connectivity index (χ1v) is 19.2. The largest absolute Gasteiger partial charge is 0.497 e. The maximum absolute atomic E-state index is 15.0. The summed E-state index contributed by atoms with van der Waals surface area (Å²) in [6.45, 7) is 13.2. The molecule has 3 aliphatic heterocycles. The van der Waals surface area contributed by atoms with E-state index in [-0.39, 0.29) is 42.6 Å². The number of esters is 1. The summed E-state index contributed by atoms with van der Waals surface area (Å²) in [5.74, 6) is -3.02. The molecule has 3 saturated heterocycles. The number of carbonyl (C=O) groups is 4. The van der Waals surface area contributed by atoms with Gasteiger partial charge >= 0.3 is 5.97 Å². The fourth-order valence-corrected chi connectivity index (χ4v) is 9.26. The quantitative estimate of drug-likeness (QED) is 0.127. The molecule has 12 heteroatoms. The molecule has 3 aliphatic rings. The Labute approximate surface area is 321 Å². The van der Waals surface area contributed by atoms with E-state index in [9.17, 15) is 19.5 Å². The first-order chi connectivity index (χ1) is 25.3. The monoisotopic (exact) mass is 793 g/mol. The van der Waals surface area contributed by atoms with E-state index in [4.69, 9.17) is 14.2 Å². The van der Waals surface area contributed by atoms with E-state index in [1.54, 1.807) is 60.4 Å². The van der Waals surface area contributed by atoms with Crippen molar-refractivity contribution in [1.82, 2.24) is 9.80 Å². The van der Waals surface area contributed by atoms with Crippen molar-refractivity contribution >= 4 is 45.3 Å². The van der Waals surface area contributed by atoms with Crippen molar-refractivity contribution in [3.8, 4) is 5.75 Å². The molecule has 2 bridgehead atoms. The van der Waals surface area contributed by atoms with Gasteiger partial charge in [0.15, 0.2) is 0 Å². The minimum Gasteiger partial charge on any atom is -0.497 e. The van der Waals surface area contributed by atoms with Gasteiger partial charge in [-0.25, -0.2) is 0 Å². The van der Waals surface area contributed by atoms with Gasteiger partial charge < -0.3 is 34.0 Å². The Morgan fingerprint density at radius 1 is 1.09 bits per heavy atom. The van der Waals surface area contributed by atoms with Gasteiger partial charge in [-0.1, -0.05) is 72.3 Å². The fraction of sp³-hybridized carbons (Fsp3) is 0.512. The number of carbonyl (C=O) groups excluding carboxylic acids is 4. The number of hydrogen-bond acceptors (Lipinski definition) is 8. The Balaban J connectivity index is 1.56. The van der Waals surface area contributed by atoms with Crippen LogP contribution in [0.15, 0.2) is 79.9 Å². The summed E-state index contributed by atoms with van der Waals surface area (Å²) in [6.07, 6.45) is 3.15. The van der Waals surface area contributed by atoms with Gasteiger partial charge in [0.25, 0.3) is 5.91 Å². The van der Waals surface area contributed by atoms with E-state index in [2.05, 4.69) is 29.1 Å². The molecular formula is C41H52BrN3O8. The van der Waals surface area contributed by atoms with E-state index in [1.807, 2.05) is 51.1 Å². The molecule has 3 heterocycles. The van der Waals surface area contributed by atoms with Crippen molar-refractivity contribution < 1.29 is 38.5 Å². The Hall–Kier alpha value is -4.00. The van der Waals surface area contributed by atoms with Crippen molar-refractivity contribution in [2.45, 2.75) is 87.2 Å². The van der Waals surface area contributed by atoms with Gasteiger partial charge in [-0.2, -0.15) is 0 Å². The van der Waals surface area contributed by atoms with Crippen LogP contribution in [0.5, 0.6) is 5.75 Å². The number of aliphatic hydroxyl groups is 1. The molecule has 2 aromatic rings. The zero-order valence-corrected chi connectivity index (χ0v) is 32.8. The van der Waals surface area contributed by atoms with Crippen LogP contribution in [0.4, 0.5) is 5.69 Å². The third kappa shape index (κ3) is 7.68. The van der Waals surface area contributed by atoms with Crippen LogP contribution in [0.2, 0.25) is 0 Å². The van der Waals surface area contributed by atoms with Crippen LogP contribution in [0.25, 0.3) is 0 Å². The zero-order chi connectivity index (χ0) is 38.6. The number of nitrogens with zero attached hydrogens (tertiary/aromatic N) is 3. The van der Waals surface area contributed by atoms with Crippen molar-refractivity contribution in [3.05, 3.63) is 85.5 Å². The number of ether oxygens (including phenoxy) is 3. The van der Waals surface area contributed by atoms with Gasteiger partial charge in [0.1, 0.15) is 23.5 Å². The number of hydrogen-bond donors (Lipinski definition) is 1. The number of amides is 3. The summed E-state index contributed by atoms with van der Waals surface area (Å²) in [5.41, 5.74) is -0.133. The van der Waals surface area contributed by atoms with Crippen molar-refractivity contribution in [2.24, 2.45) is 17.8 Å². The molecule has 0 radical (unpaired) electrons. The minimum atomic E-state index is -1.39. The average molecular weight is 795 g/mol. The number of aliphatic hydroxyl groups excluding tert-OH is 1. The molecule has 5 rings (SSSR count). The molecule has 2 aromatic carbocycles. The number of methoxy groups -OCH3 is 1. The smallest absolute Gasteiger partial charge is 0.313 e. The number of anilines is 1. The number of fused-ring (bicyclic) bond motifs is 1. The van der Waals surface area contributed by atoms with Crippen molar-refractivity contribution in [2.75, 3.05) is 32.2 Å². The van der Waals surface area contributed by atoms with Crippen molar-refractivity contribution in [1.29, 1.82) is 0 Å². The van der Waals surface area contributed by atoms with Gasteiger partial charge in [-0.3, -0.25) is 19.2 Å². The van der Waals surface area contributed by atoms with Crippen molar-refractivity contribution in [3.63, 3.8) is 0 Å². The molecule has 0 aliphatic carbocycles. The van der Waals surface area contributed by atoms with Gasteiger partial charge in [-0.05, 0) is 61.9 Å². The number of alkyl halides is 1. The molecule has 9 atom stereocenters. The number of halogens is 1. The number of rotatable bonds is 17. The summed E-state index contributed by atoms with van der Waals surface area (Å²) < 4.78 is 18.5. The van der Waals surface area contributed by atoms with E-state index < -0.39 is 65.6 Å². The molecule has 286 valence electrons. The van der Waals surface area contributed by atoms with E-state index >= 15 is 4.79 Å². The maximum Gasteiger partial charge on any atom is 0.313 e. The van der Waals surface area contributed by atoms with Crippen LogP contribution in [0.1, 0.15) is 58.1 Å². The second kappa shape index (κ2) is 17.0. The van der Waals surface area contributed by atoms with Crippen LogP contribution in [-0.4, -0.2) is 101 Å². The lowest BCUT2D eigenvalue weighted by molar-refractivity contribution is -0.165. The van der Waals surface area contributed by atoms with Crippen LogP contribution < -0.4 is 9.64 Å². The summed E-state index contributed by atoms with van der Waals surface area (Å²) in [7, 11) is 3.24. The topological polar surface area (TPSA) is 126 Å². The van der Waals surface area contributed by atoms with Crippen LogP contribution in [0, 0.1) is 17.8 Å². The highest BCUT2D eigenvalue weighted by Gasteiger charge is 2.77. The second-order valence-electron chi connectivity index (χ2n) is 14.7. The van der Waals surface area contributed by atoms with Gasteiger partial charge in [-0.15, -0.1) is 13.2 Å². The van der Waals surface area contributed by atoms with Crippen LogP contribution in [-0.2, 0) is 28.7 Å². The average Bonchev–Trinajstić information content (AvgIpc) is 3.76. The minimum absolute atomic E-state index is 0.0840. The van der Waals surface area contributed by atoms with E-state index in [0.717, 1.165) is 0 Å². The van der Waals surface area contributed by atoms with Gasteiger partial charge in [0.05, 0.1) is 43.7 Å². The highest BCUT2D eigenvalue weighted by molar-refractivity contribution is 9.09. The molecule has 3 amide bonds. The molecule has 1 unspecified atom stereocenters. The van der Waals surface area contributed by atoms with Crippen LogP contribution in [0.3, 0.4) is 0 Å². The molecule has 1 N–H and O–H groups in total. The summed E-state index contributed by atoms with van der Waals surface area (Å²) >= 11 is 3.75. The number of likely N-dealkylation sites (N-methyl/N-ethyl adjacent to an activating group) is 1. The highest BCUT2D eigenvalue weighted by atomic mass is 79.9. The Bertz CT molecular complexity index is 1650. The summed E-state index contributed by atoms with van der Waals surface area (Å²) in [4.78, 5) is 61.9. The predicted molar refractivity (Wildman–Crippen MR) is 205 cm³/mol. The number of benzene rings is 2. The normalized spacial score (nSPS) is 26.1. The lowest BCUT2D eigenvalue weighted by Gasteiger charge is -2.39. The molecular weight excluding hydrogens is 742 g/mol. The number of likely N-dealkylation sites (tertiary alicyclic amines) is 1. The third-order valence-corrected chi connectivity index (χ3v) is 11.8. The van der Waals surface area contributed by atoms with E-state index in [0.29, 0.717) is 29.8 Å². The molecule has 1 spiro atoms.